The summed E-state index contributed by atoms with van der Waals surface area (Å²) in [4.78, 5) is 16.0. The van der Waals surface area contributed by atoms with Crippen LogP contribution in [0.25, 0.3) is 0 Å². The average Bonchev–Trinajstić information content (AvgIpc) is 2.85. The molecule has 2 aromatic rings. The number of thiazole rings is 1. The number of carbonyl (C=O) groups excluding carboxylic acids is 1. The highest BCUT2D eigenvalue weighted by Gasteiger charge is 2.05. The van der Waals surface area contributed by atoms with Crippen molar-refractivity contribution in [2.75, 3.05) is 12.4 Å². The van der Waals surface area contributed by atoms with E-state index in [0.29, 0.717) is 18.2 Å². The number of amides is 2. The smallest absolute Gasteiger partial charge is 0.321 e. The molecular weight excluding hydrogens is 260 g/mol. The Bertz CT molecular complexity index is 526. The van der Waals surface area contributed by atoms with Crippen LogP contribution in [0.2, 0.25) is 0 Å². The lowest BCUT2D eigenvalue weighted by Crippen LogP contribution is -2.28. The third kappa shape index (κ3) is 4.35. The molecule has 19 heavy (non-hydrogen) atoms. The van der Waals surface area contributed by atoms with E-state index in [9.17, 15) is 4.79 Å². The lowest BCUT2D eigenvalue weighted by Gasteiger charge is -2.05. The molecule has 0 aliphatic heterocycles. The number of nitrogens with zero attached hydrogens (tertiary/aromatic N) is 1. The van der Waals surface area contributed by atoms with Gasteiger partial charge in [0.1, 0.15) is 0 Å². The molecule has 0 spiro atoms. The van der Waals surface area contributed by atoms with Gasteiger partial charge in [0.25, 0.3) is 0 Å². The summed E-state index contributed by atoms with van der Waals surface area (Å²) in [5, 5.41) is 11.1. The van der Waals surface area contributed by atoms with Gasteiger partial charge in [0.05, 0.1) is 5.69 Å². The number of hydrogen-bond donors (Lipinski definition) is 3. The maximum absolute atomic E-state index is 11.7. The van der Waals surface area contributed by atoms with Crippen LogP contribution in [0, 0.1) is 0 Å². The molecule has 2 amide bonds. The molecule has 0 radical (unpaired) electrons. The van der Waals surface area contributed by atoms with E-state index in [1.54, 1.807) is 0 Å². The molecule has 1 aromatic heterocycles. The van der Waals surface area contributed by atoms with Gasteiger partial charge >= 0.3 is 6.03 Å². The van der Waals surface area contributed by atoms with Crippen molar-refractivity contribution in [2.45, 2.75) is 13.1 Å². The van der Waals surface area contributed by atoms with Gasteiger partial charge in [-0.15, -0.1) is 11.3 Å². The number of carbonyl (C=O) groups is 1. The third-order valence-electron chi connectivity index (χ3n) is 2.43. The maximum Gasteiger partial charge on any atom is 0.321 e. The monoisotopic (exact) mass is 276 g/mol. The number of rotatable bonds is 5. The first kappa shape index (κ1) is 13.5. The Balaban J connectivity index is 1.80. The van der Waals surface area contributed by atoms with Gasteiger partial charge in [-0.1, -0.05) is 30.3 Å². The van der Waals surface area contributed by atoms with E-state index in [1.165, 1.54) is 11.3 Å². The standard InChI is InChI=1S/C13H16N4OS/c1-14-8-11-9-19-13(16-11)17-12(18)15-7-10-5-3-2-4-6-10/h2-6,9,14H,7-8H2,1H3,(H2,15,16,17,18). The predicted octanol–water partition coefficient (Wildman–Crippen LogP) is 2.18. The first-order valence-corrected chi connectivity index (χ1v) is 6.83. The highest BCUT2D eigenvalue weighted by atomic mass is 32.1. The molecule has 0 aliphatic carbocycles. The Morgan fingerprint density at radius 1 is 1.26 bits per heavy atom. The SMILES string of the molecule is CNCc1csc(NC(=O)NCc2ccccc2)n1. The topological polar surface area (TPSA) is 66.0 Å². The summed E-state index contributed by atoms with van der Waals surface area (Å²) in [7, 11) is 1.86. The molecule has 5 nitrogen and oxygen atoms in total. The zero-order valence-electron chi connectivity index (χ0n) is 10.6. The highest BCUT2D eigenvalue weighted by molar-refractivity contribution is 7.13. The van der Waals surface area contributed by atoms with Crippen molar-refractivity contribution in [3.63, 3.8) is 0 Å². The molecule has 0 unspecified atom stereocenters. The minimum atomic E-state index is -0.241. The van der Waals surface area contributed by atoms with Crippen LogP contribution in [0.3, 0.4) is 0 Å². The second kappa shape index (κ2) is 6.86. The summed E-state index contributed by atoms with van der Waals surface area (Å²) in [6, 6.07) is 9.53. The summed E-state index contributed by atoms with van der Waals surface area (Å²) in [6.07, 6.45) is 0. The van der Waals surface area contributed by atoms with Gasteiger partial charge in [-0.2, -0.15) is 0 Å². The second-order valence-electron chi connectivity index (χ2n) is 3.97. The first-order chi connectivity index (χ1) is 9.28. The van der Waals surface area contributed by atoms with Crippen LogP contribution in [-0.2, 0) is 13.1 Å². The Kier molecular flexibility index (Phi) is 4.88. The van der Waals surface area contributed by atoms with Gasteiger partial charge in [-0.05, 0) is 12.6 Å². The van der Waals surface area contributed by atoms with E-state index in [2.05, 4.69) is 20.9 Å². The molecular formula is C13H16N4OS. The van der Waals surface area contributed by atoms with Crippen LogP contribution >= 0.6 is 11.3 Å². The van der Waals surface area contributed by atoms with Crippen molar-refractivity contribution < 1.29 is 4.79 Å². The Hall–Kier alpha value is -1.92. The highest BCUT2D eigenvalue weighted by Crippen LogP contribution is 2.14. The normalized spacial score (nSPS) is 10.2. The van der Waals surface area contributed by atoms with Crippen LogP contribution in [-0.4, -0.2) is 18.1 Å². The molecule has 0 saturated heterocycles. The largest absolute Gasteiger partial charge is 0.334 e. The van der Waals surface area contributed by atoms with Crippen molar-refractivity contribution in [1.82, 2.24) is 15.6 Å². The Morgan fingerprint density at radius 2 is 2.05 bits per heavy atom. The maximum atomic E-state index is 11.7. The molecule has 0 saturated carbocycles. The van der Waals surface area contributed by atoms with Crippen molar-refractivity contribution in [1.29, 1.82) is 0 Å². The summed E-state index contributed by atoms with van der Waals surface area (Å²) >= 11 is 1.42. The van der Waals surface area contributed by atoms with Crippen LogP contribution in [0.1, 0.15) is 11.3 Å². The number of anilines is 1. The number of hydrogen-bond acceptors (Lipinski definition) is 4. The summed E-state index contributed by atoms with van der Waals surface area (Å²) in [5.41, 5.74) is 1.98. The minimum Gasteiger partial charge on any atom is -0.334 e. The number of benzene rings is 1. The fourth-order valence-electron chi connectivity index (χ4n) is 1.55. The van der Waals surface area contributed by atoms with Crippen LogP contribution in [0.5, 0.6) is 0 Å². The fourth-order valence-corrected chi connectivity index (χ4v) is 2.25. The van der Waals surface area contributed by atoms with E-state index in [0.717, 1.165) is 11.3 Å². The molecule has 0 bridgehead atoms. The molecule has 0 atom stereocenters. The Labute approximate surface area is 116 Å². The fraction of sp³-hybridized carbons (Fsp3) is 0.231. The van der Waals surface area contributed by atoms with Crippen molar-refractivity contribution >= 4 is 22.5 Å². The summed E-state index contributed by atoms with van der Waals surface area (Å²) in [5.74, 6) is 0. The predicted molar refractivity (Wildman–Crippen MR) is 77.2 cm³/mol. The molecule has 1 aromatic carbocycles. The zero-order valence-corrected chi connectivity index (χ0v) is 11.5. The van der Waals surface area contributed by atoms with E-state index in [1.807, 2.05) is 42.8 Å². The Morgan fingerprint density at radius 3 is 2.79 bits per heavy atom. The van der Waals surface area contributed by atoms with Gasteiger partial charge < -0.3 is 10.6 Å². The van der Waals surface area contributed by atoms with E-state index < -0.39 is 0 Å². The van der Waals surface area contributed by atoms with Crippen molar-refractivity contribution in [3.05, 3.63) is 47.0 Å². The van der Waals surface area contributed by atoms with Gasteiger partial charge in [-0.25, -0.2) is 9.78 Å². The number of nitrogens with one attached hydrogen (secondary N) is 3. The number of urea groups is 1. The molecule has 100 valence electrons. The number of aromatic nitrogens is 1. The van der Waals surface area contributed by atoms with Crippen molar-refractivity contribution in [3.8, 4) is 0 Å². The first-order valence-electron chi connectivity index (χ1n) is 5.95. The molecule has 2 rings (SSSR count). The van der Waals surface area contributed by atoms with E-state index in [-0.39, 0.29) is 6.03 Å². The van der Waals surface area contributed by atoms with Gasteiger partial charge in [-0.3, -0.25) is 5.32 Å². The molecule has 0 aliphatic rings. The lowest BCUT2D eigenvalue weighted by molar-refractivity contribution is 0.251. The third-order valence-corrected chi connectivity index (χ3v) is 3.23. The van der Waals surface area contributed by atoms with Crippen molar-refractivity contribution in [2.24, 2.45) is 0 Å². The van der Waals surface area contributed by atoms with Crippen LogP contribution in [0.15, 0.2) is 35.7 Å². The molecule has 6 heteroatoms. The van der Waals surface area contributed by atoms with Crippen LogP contribution in [0.4, 0.5) is 9.93 Å². The zero-order chi connectivity index (χ0) is 13.5. The molecule has 3 N–H and O–H groups in total. The van der Waals surface area contributed by atoms with Crippen LogP contribution < -0.4 is 16.0 Å². The van der Waals surface area contributed by atoms with E-state index >= 15 is 0 Å². The van der Waals surface area contributed by atoms with Gasteiger partial charge in [0, 0.05) is 18.5 Å². The summed E-state index contributed by atoms with van der Waals surface area (Å²) < 4.78 is 0. The molecule has 0 fully saturated rings. The molecule has 1 heterocycles. The van der Waals surface area contributed by atoms with Gasteiger partial charge in [0.2, 0.25) is 0 Å². The lowest BCUT2D eigenvalue weighted by atomic mass is 10.2. The average molecular weight is 276 g/mol. The second-order valence-corrected chi connectivity index (χ2v) is 4.83. The van der Waals surface area contributed by atoms with Gasteiger partial charge in [0.15, 0.2) is 5.13 Å². The minimum absolute atomic E-state index is 0.241. The summed E-state index contributed by atoms with van der Waals surface area (Å²) in [6.45, 7) is 1.20. The van der Waals surface area contributed by atoms with E-state index in [4.69, 9.17) is 0 Å². The quantitative estimate of drug-likeness (QED) is 0.784.